The third-order valence-corrected chi connectivity index (χ3v) is 3.60. The number of rotatable bonds is 7. The topological polar surface area (TPSA) is 99.2 Å². The molecule has 0 spiro atoms. The van der Waals surface area contributed by atoms with Crippen molar-refractivity contribution in [3.63, 3.8) is 0 Å². The molecule has 1 rings (SSSR count). The molecule has 8 heteroatoms. The molecule has 7 nitrogen and oxygen atoms in total. The molecule has 3 N–H and O–H groups in total. The Kier molecular flexibility index (Phi) is 4.91. The van der Waals surface area contributed by atoms with Gasteiger partial charge >= 0.3 is 0 Å². The normalized spacial score (nSPS) is 11.7. The number of nitrogens with zero attached hydrogens (tertiary/aromatic N) is 2. The Morgan fingerprint density at radius 2 is 2.29 bits per heavy atom. The summed E-state index contributed by atoms with van der Waals surface area (Å²) in [4.78, 5) is 0. The third-order valence-electron chi connectivity index (χ3n) is 2.19. The smallest absolute Gasteiger partial charge is 0.211 e. The van der Waals surface area contributed by atoms with Crippen molar-refractivity contribution < 1.29 is 13.2 Å². The quantitative estimate of drug-likeness (QED) is 0.670. The largest absolute Gasteiger partial charge is 0.481 e. The molecule has 0 amide bonds. The molecule has 1 aromatic heterocycles. The molecule has 0 aliphatic heterocycles. The van der Waals surface area contributed by atoms with Crippen LogP contribution in [-0.4, -0.2) is 37.6 Å². The van der Waals surface area contributed by atoms with E-state index < -0.39 is 10.0 Å². The number of aromatic nitrogens is 2. The molecule has 0 fully saturated rings. The summed E-state index contributed by atoms with van der Waals surface area (Å²) in [7, 11) is -0.0109. The lowest BCUT2D eigenvalue weighted by Gasteiger charge is -2.03. The van der Waals surface area contributed by atoms with Gasteiger partial charge in [0, 0.05) is 13.1 Å². The number of methoxy groups -OCH3 is 1. The van der Waals surface area contributed by atoms with Crippen LogP contribution in [0.4, 0.5) is 0 Å². The van der Waals surface area contributed by atoms with E-state index >= 15 is 0 Å². The van der Waals surface area contributed by atoms with Crippen LogP contribution in [0.1, 0.15) is 12.1 Å². The minimum absolute atomic E-state index is 0.0352. The molecular formula is C9H18N4O3S. The SMILES string of the molecule is COc1cc(CNS(=O)(=O)CCCN)nn1C. The molecule has 17 heavy (non-hydrogen) atoms. The number of nitrogens with one attached hydrogen (secondary N) is 1. The Morgan fingerprint density at radius 3 is 2.82 bits per heavy atom. The Labute approximate surface area is 101 Å². The summed E-state index contributed by atoms with van der Waals surface area (Å²) in [5, 5.41) is 4.10. The fourth-order valence-electron chi connectivity index (χ4n) is 1.31. The molecule has 98 valence electrons. The van der Waals surface area contributed by atoms with Crippen LogP contribution in [0.15, 0.2) is 6.07 Å². The average Bonchev–Trinajstić information content (AvgIpc) is 2.65. The summed E-state index contributed by atoms with van der Waals surface area (Å²) in [6.07, 6.45) is 0.445. The number of ether oxygens (including phenoxy) is 1. The maximum atomic E-state index is 11.5. The van der Waals surface area contributed by atoms with E-state index in [0.717, 1.165) is 0 Å². The summed E-state index contributed by atoms with van der Waals surface area (Å²) in [5.74, 6) is 0.620. The van der Waals surface area contributed by atoms with Gasteiger partial charge in [0.2, 0.25) is 15.9 Å². The van der Waals surface area contributed by atoms with E-state index in [-0.39, 0.29) is 12.3 Å². The van der Waals surface area contributed by atoms with Crippen molar-refractivity contribution in [1.29, 1.82) is 0 Å². The Bertz CT molecular complexity index is 455. The van der Waals surface area contributed by atoms with Gasteiger partial charge in [-0.15, -0.1) is 0 Å². The van der Waals surface area contributed by atoms with Gasteiger partial charge in [-0.05, 0) is 13.0 Å². The van der Waals surface area contributed by atoms with Crippen LogP contribution in [0.2, 0.25) is 0 Å². The fourth-order valence-corrected chi connectivity index (χ4v) is 2.37. The summed E-state index contributed by atoms with van der Waals surface area (Å²) < 4.78 is 32.0. The van der Waals surface area contributed by atoms with Crippen LogP contribution in [0.5, 0.6) is 5.88 Å². The molecule has 1 heterocycles. The Balaban J connectivity index is 2.55. The van der Waals surface area contributed by atoms with Crippen molar-refractivity contribution in [2.24, 2.45) is 12.8 Å². The fraction of sp³-hybridized carbons (Fsp3) is 0.667. The van der Waals surface area contributed by atoms with Gasteiger partial charge in [0.05, 0.1) is 25.1 Å². The van der Waals surface area contributed by atoms with Crippen LogP contribution >= 0.6 is 0 Å². The van der Waals surface area contributed by atoms with Gasteiger partial charge in [0.1, 0.15) is 0 Å². The molecule has 0 unspecified atom stereocenters. The van der Waals surface area contributed by atoms with Crippen molar-refractivity contribution in [3.8, 4) is 5.88 Å². The molecule has 0 saturated carbocycles. The number of hydrogen-bond acceptors (Lipinski definition) is 5. The van der Waals surface area contributed by atoms with Crippen LogP contribution < -0.4 is 15.2 Å². The number of sulfonamides is 1. The van der Waals surface area contributed by atoms with Crippen LogP contribution in [-0.2, 0) is 23.6 Å². The monoisotopic (exact) mass is 262 g/mol. The highest BCUT2D eigenvalue weighted by Gasteiger charge is 2.11. The second kappa shape index (κ2) is 5.99. The molecule has 0 aliphatic rings. The van der Waals surface area contributed by atoms with Crippen molar-refractivity contribution in [3.05, 3.63) is 11.8 Å². The Morgan fingerprint density at radius 1 is 1.59 bits per heavy atom. The lowest BCUT2D eigenvalue weighted by Crippen LogP contribution is -2.27. The lowest BCUT2D eigenvalue weighted by molar-refractivity contribution is 0.373. The lowest BCUT2D eigenvalue weighted by atomic mass is 10.4. The molecule has 1 aromatic rings. The minimum Gasteiger partial charge on any atom is -0.481 e. The highest BCUT2D eigenvalue weighted by molar-refractivity contribution is 7.89. The van der Waals surface area contributed by atoms with E-state index in [1.165, 1.54) is 7.11 Å². The second-order valence-electron chi connectivity index (χ2n) is 3.58. The summed E-state index contributed by atoms with van der Waals surface area (Å²) >= 11 is 0. The molecule has 0 radical (unpaired) electrons. The molecular weight excluding hydrogens is 244 g/mol. The highest BCUT2D eigenvalue weighted by atomic mass is 32.2. The first-order valence-corrected chi connectivity index (χ1v) is 6.88. The summed E-state index contributed by atoms with van der Waals surface area (Å²) in [5.41, 5.74) is 5.87. The van der Waals surface area contributed by atoms with Gasteiger partial charge in [0.15, 0.2) is 0 Å². The standard InChI is InChI=1S/C9H18N4O3S/c1-13-9(16-2)6-8(12-13)7-11-17(14,15)5-3-4-10/h6,11H,3-5,7,10H2,1-2H3. The molecule has 0 atom stereocenters. The van der Waals surface area contributed by atoms with E-state index in [9.17, 15) is 8.42 Å². The zero-order valence-electron chi connectivity index (χ0n) is 10.0. The predicted octanol–water partition coefficient (Wildman–Crippen LogP) is -0.803. The summed E-state index contributed by atoms with van der Waals surface area (Å²) in [6, 6.07) is 1.69. The van der Waals surface area contributed by atoms with Gasteiger partial charge in [0.25, 0.3) is 0 Å². The first-order valence-electron chi connectivity index (χ1n) is 5.23. The average molecular weight is 262 g/mol. The van der Waals surface area contributed by atoms with Crippen molar-refractivity contribution in [2.45, 2.75) is 13.0 Å². The zero-order valence-corrected chi connectivity index (χ0v) is 10.8. The maximum absolute atomic E-state index is 11.5. The summed E-state index contributed by atoms with van der Waals surface area (Å²) in [6.45, 7) is 0.516. The second-order valence-corrected chi connectivity index (χ2v) is 5.51. The minimum atomic E-state index is -3.27. The van der Waals surface area contributed by atoms with E-state index in [2.05, 4.69) is 9.82 Å². The van der Waals surface area contributed by atoms with E-state index in [1.54, 1.807) is 17.8 Å². The molecule has 0 saturated heterocycles. The van der Waals surface area contributed by atoms with Crippen LogP contribution in [0, 0.1) is 0 Å². The van der Waals surface area contributed by atoms with Crippen molar-refractivity contribution in [2.75, 3.05) is 19.4 Å². The zero-order chi connectivity index (χ0) is 12.9. The van der Waals surface area contributed by atoms with E-state index in [0.29, 0.717) is 24.5 Å². The first-order chi connectivity index (χ1) is 7.98. The van der Waals surface area contributed by atoms with Crippen LogP contribution in [0.25, 0.3) is 0 Å². The molecule has 0 aromatic carbocycles. The Hall–Kier alpha value is -1.12. The first kappa shape index (κ1) is 13.9. The maximum Gasteiger partial charge on any atom is 0.211 e. The van der Waals surface area contributed by atoms with Crippen molar-refractivity contribution >= 4 is 10.0 Å². The van der Waals surface area contributed by atoms with Gasteiger partial charge in [-0.1, -0.05) is 0 Å². The van der Waals surface area contributed by atoms with E-state index in [1.807, 2.05) is 0 Å². The van der Waals surface area contributed by atoms with Gasteiger partial charge in [-0.25, -0.2) is 17.8 Å². The van der Waals surface area contributed by atoms with E-state index in [4.69, 9.17) is 10.5 Å². The van der Waals surface area contributed by atoms with Crippen molar-refractivity contribution in [1.82, 2.24) is 14.5 Å². The number of aryl methyl sites for hydroxylation is 1. The van der Waals surface area contributed by atoms with Crippen LogP contribution in [0.3, 0.4) is 0 Å². The molecule has 0 bridgehead atoms. The van der Waals surface area contributed by atoms with Gasteiger partial charge in [-0.2, -0.15) is 5.10 Å². The van der Waals surface area contributed by atoms with Gasteiger partial charge < -0.3 is 10.5 Å². The predicted molar refractivity (Wildman–Crippen MR) is 64.1 cm³/mol. The molecule has 0 aliphatic carbocycles. The number of nitrogens with two attached hydrogens (primary N) is 1. The number of hydrogen-bond donors (Lipinski definition) is 2. The third kappa shape index (κ3) is 4.33. The highest BCUT2D eigenvalue weighted by Crippen LogP contribution is 2.10. The van der Waals surface area contributed by atoms with Gasteiger partial charge in [-0.3, -0.25) is 0 Å².